The molecule has 1 fully saturated rings. The predicted molar refractivity (Wildman–Crippen MR) is 89.9 cm³/mol. The summed E-state index contributed by atoms with van der Waals surface area (Å²) in [4.78, 5) is 7.01. The van der Waals surface area contributed by atoms with Crippen LogP contribution in [0, 0.1) is 5.92 Å². The van der Waals surface area contributed by atoms with Crippen molar-refractivity contribution in [3.63, 3.8) is 0 Å². The number of fused-ring (bicyclic) bond motifs is 1. The highest BCUT2D eigenvalue weighted by molar-refractivity contribution is 5.12. The number of aromatic nitrogens is 3. The van der Waals surface area contributed by atoms with E-state index in [4.69, 9.17) is 5.10 Å². The molecule has 0 radical (unpaired) electrons. The predicted octanol–water partition coefficient (Wildman–Crippen LogP) is 1.84. The number of hydrogen-bond acceptors (Lipinski definition) is 4. The van der Waals surface area contributed by atoms with Crippen molar-refractivity contribution in [3.8, 4) is 0 Å². The summed E-state index contributed by atoms with van der Waals surface area (Å²) in [6.45, 7) is 6.42. The Bertz CT molecular complexity index is 613. The Hall–Kier alpha value is -1.72. The van der Waals surface area contributed by atoms with Crippen LogP contribution < -0.4 is 5.32 Å². The minimum atomic E-state index is 0.729. The van der Waals surface area contributed by atoms with Gasteiger partial charge in [-0.25, -0.2) is 0 Å². The van der Waals surface area contributed by atoms with E-state index in [1.807, 2.05) is 12.3 Å². The fourth-order valence-electron chi connectivity index (χ4n) is 3.77. The monoisotopic (exact) mass is 311 g/mol. The van der Waals surface area contributed by atoms with E-state index in [9.17, 15) is 0 Å². The number of rotatable bonds is 4. The van der Waals surface area contributed by atoms with Gasteiger partial charge < -0.3 is 5.32 Å². The molecule has 0 amide bonds. The van der Waals surface area contributed by atoms with Crippen LogP contribution in [0.2, 0.25) is 0 Å². The number of pyridine rings is 1. The first-order valence-electron chi connectivity index (χ1n) is 8.75. The average Bonchev–Trinajstić information content (AvgIpc) is 3.10. The minimum Gasteiger partial charge on any atom is -0.311 e. The third-order valence-corrected chi connectivity index (χ3v) is 4.92. The fourth-order valence-corrected chi connectivity index (χ4v) is 3.77. The number of nitrogens with one attached hydrogen (secondary N) is 1. The zero-order valence-electron chi connectivity index (χ0n) is 13.6. The molecule has 0 spiro atoms. The quantitative estimate of drug-likeness (QED) is 0.936. The van der Waals surface area contributed by atoms with E-state index in [0.717, 1.165) is 45.1 Å². The van der Waals surface area contributed by atoms with Crippen LogP contribution in [-0.2, 0) is 26.1 Å². The lowest BCUT2D eigenvalue weighted by molar-refractivity contribution is 0.310. The van der Waals surface area contributed by atoms with Crippen LogP contribution in [0.15, 0.2) is 30.5 Å². The van der Waals surface area contributed by atoms with E-state index in [1.54, 1.807) is 0 Å². The Morgan fingerprint density at radius 3 is 3.13 bits per heavy atom. The third-order valence-electron chi connectivity index (χ3n) is 4.92. The molecular weight excluding hydrogens is 286 g/mol. The zero-order chi connectivity index (χ0) is 15.5. The lowest BCUT2D eigenvalue weighted by Gasteiger charge is -2.14. The first kappa shape index (κ1) is 14.8. The van der Waals surface area contributed by atoms with Gasteiger partial charge in [-0.1, -0.05) is 6.07 Å². The largest absolute Gasteiger partial charge is 0.311 e. The van der Waals surface area contributed by atoms with Gasteiger partial charge in [0.1, 0.15) is 0 Å². The third kappa shape index (κ3) is 3.62. The molecule has 2 aromatic rings. The first-order valence-corrected chi connectivity index (χ1v) is 8.75. The maximum absolute atomic E-state index is 4.81. The molecule has 1 atom stereocenters. The van der Waals surface area contributed by atoms with Gasteiger partial charge in [0.15, 0.2) is 0 Å². The van der Waals surface area contributed by atoms with Gasteiger partial charge in [-0.3, -0.25) is 14.6 Å². The molecule has 0 saturated carbocycles. The van der Waals surface area contributed by atoms with Gasteiger partial charge in [-0.15, -0.1) is 0 Å². The highest BCUT2D eigenvalue weighted by Crippen LogP contribution is 2.22. The van der Waals surface area contributed by atoms with Crippen molar-refractivity contribution in [1.29, 1.82) is 0 Å². The van der Waals surface area contributed by atoms with Crippen LogP contribution >= 0.6 is 0 Å². The Kier molecular flexibility index (Phi) is 4.39. The van der Waals surface area contributed by atoms with Crippen LogP contribution in [0.3, 0.4) is 0 Å². The number of hydrogen-bond donors (Lipinski definition) is 1. The number of likely N-dealkylation sites (tertiary alicyclic amines) is 1. The van der Waals surface area contributed by atoms with Gasteiger partial charge in [0.2, 0.25) is 0 Å². The summed E-state index contributed by atoms with van der Waals surface area (Å²) >= 11 is 0. The Morgan fingerprint density at radius 2 is 2.22 bits per heavy atom. The van der Waals surface area contributed by atoms with E-state index >= 15 is 0 Å². The summed E-state index contributed by atoms with van der Waals surface area (Å²) in [6, 6.07) is 8.50. The van der Waals surface area contributed by atoms with Crippen molar-refractivity contribution in [2.75, 3.05) is 19.6 Å². The van der Waals surface area contributed by atoms with Crippen LogP contribution in [-0.4, -0.2) is 39.3 Å². The highest BCUT2D eigenvalue weighted by atomic mass is 15.3. The van der Waals surface area contributed by atoms with Gasteiger partial charge in [-0.2, -0.15) is 5.10 Å². The molecule has 1 unspecified atom stereocenters. The van der Waals surface area contributed by atoms with E-state index in [-0.39, 0.29) is 0 Å². The topological polar surface area (TPSA) is 46.0 Å². The molecular formula is C18H25N5. The van der Waals surface area contributed by atoms with Gasteiger partial charge in [-0.05, 0) is 56.5 Å². The molecule has 1 N–H and O–H groups in total. The molecule has 4 rings (SSSR count). The summed E-state index contributed by atoms with van der Waals surface area (Å²) in [5.41, 5.74) is 3.78. The second-order valence-corrected chi connectivity index (χ2v) is 6.80. The molecule has 5 nitrogen and oxygen atoms in total. The Balaban J connectivity index is 1.34. The number of aryl methyl sites for hydroxylation is 1. The Labute approximate surface area is 137 Å². The maximum Gasteiger partial charge on any atom is 0.0768 e. The molecule has 122 valence electrons. The molecule has 0 aliphatic carbocycles. The summed E-state index contributed by atoms with van der Waals surface area (Å²) in [5, 5.41) is 8.27. The lowest BCUT2D eigenvalue weighted by Crippen LogP contribution is -2.21. The standard InChI is InChI=1S/C18H25N5/c1-2-7-20-16(4-1)10-15-5-9-22(13-15)14-17-11-18-12-19-6-3-8-23(18)21-17/h1-2,4,7,11,15,19H,3,5-6,8-10,12-14H2. The van der Waals surface area contributed by atoms with Crippen molar-refractivity contribution in [3.05, 3.63) is 47.5 Å². The summed E-state index contributed by atoms with van der Waals surface area (Å²) in [6.07, 6.45) is 5.44. The maximum atomic E-state index is 4.81. The molecule has 2 aromatic heterocycles. The van der Waals surface area contributed by atoms with Crippen molar-refractivity contribution < 1.29 is 0 Å². The molecule has 5 heteroatoms. The summed E-state index contributed by atoms with van der Waals surface area (Å²) < 4.78 is 2.19. The van der Waals surface area contributed by atoms with Crippen LogP contribution in [0.1, 0.15) is 29.9 Å². The molecule has 0 bridgehead atoms. The lowest BCUT2D eigenvalue weighted by atomic mass is 10.0. The average molecular weight is 311 g/mol. The van der Waals surface area contributed by atoms with Gasteiger partial charge in [0, 0.05) is 38.1 Å². The van der Waals surface area contributed by atoms with Crippen LogP contribution in [0.4, 0.5) is 0 Å². The van der Waals surface area contributed by atoms with Gasteiger partial charge >= 0.3 is 0 Å². The molecule has 2 aliphatic rings. The molecule has 2 aliphatic heterocycles. The zero-order valence-corrected chi connectivity index (χ0v) is 13.6. The second kappa shape index (κ2) is 6.81. The highest BCUT2D eigenvalue weighted by Gasteiger charge is 2.24. The summed E-state index contributed by atoms with van der Waals surface area (Å²) in [5.74, 6) is 0.729. The molecule has 0 aromatic carbocycles. The van der Waals surface area contributed by atoms with Crippen molar-refractivity contribution in [1.82, 2.24) is 25.0 Å². The van der Waals surface area contributed by atoms with Crippen molar-refractivity contribution in [2.24, 2.45) is 5.92 Å². The van der Waals surface area contributed by atoms with E-state index in [0.29, 0.717) is 0 Å². The van der Waals surface area contributed by atoms with Crippen molar-refractivity contribution >= 4 is 0 Å². The molecule has 4 heterocycles. The van der Waals surface area contributed by atoms with Crippen molar-refractivity contribution in [2.45, 2.75) is 38.9 Å². The Morgan fingerprint density at radius 1 is 1.22 bits per heavy atom. The smallest absolute Gasteiger partial charge is 0.0768 e. The van der Waals surface area contributed by atoms with Crippen LogP contribution in [0.5, 0.6) is 0 Å². The first-order chi connectivity index (χ1) is 11.4. The van der Waals surface area contributed by atoms with E-state index in [2.05, 4.69) is 38.1 Å². The normalized spacial score (nSPS) is 22.0. The van der Waals surface area contributed by atoms with E-state index in [1.165, 1.54) is 36.5 Å². The minimum absolute atomic E-state index is 0.729. The van der Waals surface area contributed by atoms with Crippen LogP contribution in [0.25, 0.3) is 0 Å². The fraction of sp³-hybridized carbons (Fsp3) is 0.556. The number of nitrogens with zero attached hydrogens (tertiary/aromatic N) is 4. The van der Waals surface area contributed by atoms with Gasteiger partial charge in [0.25, 0.3) is 0 Å². The molecule has 1 saturated heterocycles. The molecule has 23 heavy (non-hydrogen) atoms. The SMILES string of the molecule is c1ccc(CC2CCN(Cc3cc4n(n3)CCCNC4)C2)nc1. The van der Waals surface area contributed by atoms with E-state index < -0.39 is 0 Å². The second-order valence-electron chi connectivity index (χ2n) is 6.80. The summed E-state index contributed by atoms with van der Waals surface area (Å²) in [7, 11) is 0. The van der Waals surface area contributed by atoms with Gasteiger partial charge in [0.05, 0.1) is 11.4 Å².